The van der Waals surface area contributed by atoms with Crippen LogP contribution in [0.25, 0.3) is 0 Å². The Morgan fingerprint density at radius 2 is 2.29 bits per heavy atom. The van der Waals surface area contributed by atoms with Gasteiger partial charge < -0.3 is 19.9 Å². The van der Waals surface area contributed by atoms with Crippen molar-refractivity contribution in [3.8, 4) is 0 Å². The summed E-state index contributed by atoms with van der Waals surface area (Å²) < 4.78 is 5.83. The average Bonchev–Trinajstić information content (AvgIpc) is 2.63. The Morgan fingerprint density at radius 1 is 1.42 bits per heavy atom. The van der Waals surface area contributed by atoms with Crippen molar-refractivity contribution >= 4 is 12.0 Å². The molecule has 0 saturated carbocycles. The highest BCUT2D eigenvalue weighted by Gasteiger charge is 2.27. The van der Waals surface area contributed by atoms with E-state index in [1.54, 1.807) is 6.20 Å². The first-order chi connectivity index (χ1) is 11.6. The van der Waals surface area contributed by atoms with E-state index in [9.17, 15) is 4.79 Å². The molecule has 1 N–H and O–H groups in total. The van der Waals surface area contributed by atoms with E-state index in [4.69, 9.17) is 4.74 Å². The highest BCUT2D eigenvalue weighted by atomic mass is 16.5. The van der Waals surface area contributed by atoms with Crippen LogP contribution in [0.4, 0.5) is 10.7 Å². The summed E-state index contributed by atoms with van der Waals surface area (Å²) in [4.78, 5) is 24.9. The first-order valence-electron chi connectivity index (χ1n) is 8.46. The topological polar surface area (TPSA) is 70.6 Å². The highest BCUT2D eigenvalue weighted by molar-refractivity contribution is 5.74. The van der Waals surface area contributed by atoms with Crippen molar-refractivity contribution in [1.29, 1.82) is 0 Å². The normalized spacial score (nSPS) is 23.8. The average molecular weight is 331 g/mol. The molecule has 1 aromatic rings. The van der Waals surface area contributed by atoms with Crippen LogP contribution in [0.3, 0.4) is 0 Å². The van der Waals surface area contributed by atoms with Crippen molar-refractivity contribution in [2.45, 2.75) is 31.4 Å². The predicted octanol–water partition coefficient (Wildman–Crippen LogP) is 1.73. The van der Waals surface area contributed by atoms with E-state index >= 15 is 0 Å². The zero-order valence-electron chi connectivity index (χ0n) is 14.3. The van der Waals surface area contributed by atoms with Gasteiger partial charge in [-0.05, 0) is 25.3 Å². The molecule has 24 heavy (non-hydrogen) atoms. The number of carbonyl (C=O) groups excluding carboxylic acids is 1. The molecule has 0 spiro atoms. The summed E-state index contributed by atoms with van der Waals surface area (Å²) in [6, 6.07) is 2.08. The van der Waals surface area contributed by atoms with Crippen LogP contribution in [-0.4, -0.2) is 60.7 Å². The quantitative estimate of drug-likeness (QED) is 0.854. The molecule has 0 aromatic carbocycles. The maximum atomic E-state index is 12.5. The van der Waals surface area contributed by atoms with Gasteiger partial charge in [0.25, 0.3) is 0 Å². The first kappa shape index (κ1) is 16.7. The van der Waals surface area contributed by atoms with Crippen LogP contribution in [0.2, 0.25) is 0 Å². The molecule has 1 aliphatic carbocycles. The fraction of sp³-hybridized carbons (Fsp3) is 0.588. The summed E-state index contributed by atoms with van der Waals surface area (Å²) in [7, 11) is 3.80. The zero-order chi connectivity index (χ0) is 16.9. The molecule has 7 heteroatoms. The minimum absolute atomic E-state index is 0.00881. The first-order valence-corrected chi connectivity index (χ1v) is 8.46. The van der Waals surface area contributed by atoms with Gasteiger partial charge in [0.15, 0.2) is 0 Å². The second kappa shape index (κ2) is 7.61. The molecular formula is C17H25N5O2. The van der Waals surface area contributed by atoms with Gasteiger partial charge in [-0.2, -0.15) is 0 Å². The monoisotopic (exact) mass is 331 g/mol. The minimum atomic E-state index is -0.211. The number of anilines is 1. The number of allylic oxidation sites excluding steroid dienone is 1. The number of nitrogens with one attached hydrogen (secondary N) is 1. The van der Waals surface area contributed by atoms with Gasteiger partial charge in [-0.1, -0.05) is 12.2 Å². The number of amides is 2. The number of morpholine rings is 1. The SMILES string of the molecule is CN(C)c1nccc(C2CN(C(=O)NC3CC=CCC3)CCO2)n1. The summed E-state index contributed by atoms with van der Waals surface area (Å²) in [5.74, 6) is 0.645. The third-order valence-corrected chi connectivity index (χ3v) is 4.34. The van der Waals surface area contributed by atoms with Crippen molar-refractivity contribution in [2.75, 3.05) is 38.7 Å². The number of hydrogen-bond acceptors (Lipinski definition) is 5. The molecular weight excluding hydrogens is 306 g/mol. The molecule has 2 heterocycles. The maximum Gasteiger partial charge on any atom is 0.317 e. The molecule has 2 atom stereocenters. The summed E-state index contributed by atoms with van der Waals surface area (Å²) in [5, 5.41) is 3.13. The predicted molar refractivity (Wildman–Crippen MR) is 91.9 cm³/mol. The molecule has 1 fully saturated rings. The van der Waals surface area contributed by atoms with E-state index in [0.29, 0.717) is 25.6 Å². The lowest BCUT2D eigenvalue weighted by Crippen LogP contribution is -2.50. The Kier molecular flexibility index (Phi) is 5.30. The van der Waals surface area contributed by atoms with Gasteiger partial charge in [0.1, 0.15) is 6.10 Å². The van der Waals surface area contributed by atoms with Crippen molar-refractivity contribution < 1.29 is 9.53 Å². The third kappa shape index (κ3) is 4.03. The summed E-state index contributed by atoms with van der Waals surface area (Å²) in [5.41, 5.74) is 0.812. The summed E-state index contributed by atoms with van der Waals surface area (Å²) in [6.07, 6.45) is 8.79. The van der Waals surface area contributed by atoms with Crippen LogP contribution in [0.5, 0.6) is 0 Å². The molecule has 1 aliphatic heterocycles. The lowest BCUT2D eigenvalue weighted by atomic mass is 10.0. The standard InChI is InChI=1S/C17H25N5O2/c1-21(2)16-18-9-8-14(20-16)15-12-22(10-11-24-15)17(23)19-13-6-4-3-5-7-13/h3-4,8-9,13,15H,5-7,10-12H2,1-2H3,(H,19,23). The summed E-state index contributed by atoms with van der Waals surface area (Å²) in [6.45, 7) is 1.64. The van der Waals surface area contributed by atoms with Crippen LogP contribution in [-0.2, 0) is 4.74 Å². The van der Waals surface area contributed by atoms with Crippen molar-refractivity contribution in [1.82, 2.24) is 20.2 Å². The highest BCUT2D eigenvalue weighted by Crippen LogP contribution is 2.22. The fourth-order valence-electron chi connectivity index (χ4n) is 2.96. The van der Waals surface area contributed by atoms with E-state index in [0.717, 1.165) is 25.0 Å². The molecule has 2 aliphatic rings. The third-order valence-electron chi connectivity index (χ3n) is 4.34. The Hall–Kier alpha value is -2.15. The van der Waals surface area contributed by atoms with Gasteiger partial charge >= 0.3 is 6.03 Å². The number of ether oxygens (including phenoxy) is 1. The van der Waals surface area contributed by atoms with Crippen molar-refractivity contribution in [2.24, 2.45) is 0 Å². The molecule has 1 saturated heterocycles. The van der Waals surface area contributed by atoms with E-state index in [1.165, 1.54) is 0 Å². The van der Waals surface area contributed by atoms with Gasteiger partial charge in [-0.15, -0.1) is 0 Å². The van der Waals surface area contributed by atoms with Crippen LogP contribution in [0.15, 0.2) is 24.4 Å². The van der Waals surface area contributed by atoms with E-state index < -0.39 is 0 Å². The number of nitrogens with zero attached hydrogens (tertiary/aromatic N) is 4. The van der Waals surface area contributed by atoms with Gasteiger partial charge in [0.05, 0.1) is 18.8 Å². The second-order valence-corrected chi connectivity index (χ2v) is 6.41. The van der Waals surface area contributed by atoms with Crippen molar-refractivity contribution in [3.05, 3.63) is 30.1 Å². The Labute approximate surface area is 142 Å². The molecule has 3 rings (SSSR count). The number of hydrogen-bond donors (Lipinski definition) is 1. The van der Waals surface area contributed by atoms with Crippen LogP contribution in [0.1, 0.15) is 31.1 Å². The Balaban J connectivity index is 1.62. The molecule has 2 amide bonds. The molecule has 0 bridgehead atoms. The van der Waals surface area contributed by atoms with Gasteiger partial charge in [-0.25, -0.2) is 14.8 Å². The summed E-state index contributed by atoms with van der Waals surface area (Å²) >= 11 is 0. The van der Waals surface area contributed by atoms with E-state index in [1.807, 2.05) is 30.0 Å². The number of urea groups is 1. The fourth-order valence-corrected chi connectivity index (χ4v) is 2.96. The van der Waals surface area contributed by atoms with Crippen LogP contribution < -0.4 is 10.2 Å². The lowest BCUT2D eigenvalue weighted by Gasteiger charge is -2.34. The Bertz CT molecular complexity index is 604. The van der Waals surface area contributed by atoms with Crippen LogP contribution in [0, 0.1) is 0 Å². The zero-order valence-corrected chi connectivity index (χ0v) is 14.3. The van der Waals surface area contributed by atoms with E-state index in [-0.39, 0.29) is 18.2 Å². The second-order valence-electron chi connectivity index (χ2n) is 6.41. The maximum absolute atomic E-state index is 12.5. The number of rotatable bonds is 3. The smallest absolute Gasteiger partial charge is 0.317 e. The van der Waals surface area contributed by atoms with E-state index in [2.05, 4.69) is 27.4 Å². The van der Waals surface area contributed by atoms with Crippen LogP contribution >= 0.6 is 0 Å². The van der Waals surface area contributed by atoms with Crippen molar-refractivity contribution in [3.63, 3.8) is 0 Å². The Morgan fingerprint density at radius 3 is 3.04 bits per heavy atom. The number of carbonyl (C=O) groups is 1. The molecule has 2 unspecified atom stereocenters. The van der Waals surface area contributed by atoms with Gasteiger partial charge in [0, 0.05) is 32.9 Å². The number of aromatic nitrogens is 2. The minimum Gasteiger partial charge on any atom is -0.368 e. The van der Waals surface area contributed by atoms with Gasteiger partial charge in [0.2, 0.25) is 5.95 Å². The molecule has 7 nitrogen and oxygen atoms in total. The van der Waals surface area contributed by atoms with Gasteiger partial charge in [-0.3, -0.25) is 0 Å². The molecule has 130 valence electrons. The molecule has 0 radical (unpaired) electrons. The lowest BCUT2D eigenvalue weighted by molar-refractivity contribution is -0.0180. The largest absolute Gasteiger partial charge is 0.368 e. The molecule has 1 aromatic heterocycles.